The number of carbonyl (C=O) groups excluding carboxylic acids is 1. The van der Waals surface area contributed by atoms with Crippen LogP contribution in [0.2, 0.25) is 0 Å². The van der Waals surface area contributed by atoms with Gasteiger partial charge >= 0.3 is 0 Å². The molecule has 0 bridgehead atoms. The molecule has 0 unspecified atom stereocenters. The third-order valence-corrected chi connectivity index (χ3v) is 3.87. The zero-order valence-electron chi connectivity index (χ0n) is 12.5. The molecule has 2 aromatic heterocycles. The molecule has 3 heterocycles. The maximum atomic E-state index is 12.6. The predicted octanol–water partition coefficient (Wildman–Crippen LogP) is 2.61. The number of likely N-dealkylation sites (tertiary alicyclic amines) is 1. The SMILES string of the molecule is Cc1noc([C@@H]2CCCN(C(=O)c3cc(C)oc3C)C2)n1. The van der Waals surface area contributed by atoms with Crippen molar-refractivity contribution in [3.8, 4) is 0 Å². The molecule has 1 atom stereocenters. The van der Waals surface area contributed by atoms with Crippen molar-refractivity contribution in [2.45, 2.75) is 39.5 Å². The summed E-state index contributed by atoms with van der Waals surface area (Å²) in [6.07, 6.45) is 1.91. The van der Waals surface area contributed by atoms with Crippen molar-refractivity contribution in [2.24, 2.45) is 0 Å². The lowest BCUT2D eigenvalue weighted by Crippen LogP contribution is -2.39. The van der Waals surface area contributed by atoms with Gasteiger partial charge in [0.1, 0.15) is 11.5 Å². The lowest BCUT2D eigenvalue weighted by atomic mass is 9.97. The molecule has 0 saturated carbocycles. The van der Waals surface area contributed by atoms with Crippen LogP contribution >= 0.6 is 0 Å². The van der Waals surface area contributed by atoms with Crippen LogP contribution in [0.15, 0.2) is 15.0 Å². The topological polar surface area (TPSA) is 72.4 Å². The summed E-state index contributed by atoms with van der Waals surface area (Å²) in [7, 11) is 0. The van der Waals surface area contributed by atoms with Gasteiger partial charge in [-0.05, 0) is 39.7 Å². The Bertz CT molecular complexity index is 659. The zero-order chi connectivity index (χ0) is 15.0. The van der Waals surface area contributed by atoms with Gasteiger partial charge in [0, 0.05) is 13.1 Å². The normalized spacial score (nSPS) is 19.0. The van der Waals surface area contributed by atoms with Crippen molar-refractivity contribution >= 4 is 5.91 Å². The number of hydrogen-bond donors (Lipinski definition) is 0. The summed E-state index contributed by atoms with van der Waals surface area (Å²) in [5.74, 6) is 2.84. The molecule has 6 nitrogen and oxygen atoms in total. The third-order valence-electron chi connectivity index (χ3n) is 3.87. The summed E-state index contributed by atoms with van der Waals surface area (Å²) in [6.45, 7) is 6.85. The van der Waals surface area contributed by atoms with Crippen LogP contribution in [0.25, 0.3) is 0 Å². The van der Waals surface area contributed by atoms with E-state index in [1.165, 1.54) is 0 Å². The summed E-state index contributed by atoms with van der Waals surface area (Å²) >= 11 is 0. The number of hydrogen-bond acceptors (Lipinski definition) is 5. The Morgan fingerprint density at radius 1 is 1.38 bits per heavy atom. The fraction of sp³-hybridized carbons (Fsp3) is 0.533. The number of carbonyl (C=O) groups is 1. The van der Waals surface area contributed by atoms with Gasteiger partial charge in [0.15, 0.2) is 5.82 Å². The number of piperidine rings is 1. The Labute approximate surface area is 123 Å². The molecule has 3 rings (SSSR count). The summed E-state index contributed by atoms with van der Waals surface area (Å²) in [5.41, 5.74) is 0.648. The van der Waals surface area contributed by atoms with Crippen LogP contribution in [-0.2, 0) is 0 Å². The molecule has 0 aromatic carbocycles. The molecule has 0 spiro atoms. The maximum Gasteiger partial charge on any atom is 0.257 e. The summed E-state index contributed by atoms with van der Waals surface area (Å²) in [6, 6.07) is 1.80. The predicted molar refractivity (Wildman–Crippen MR) is 75.1 cm³/mol. The average Bonchev–Trinajstić information content (AvgIpc) is 3.04. The van der Waals surface area contributed by atoms with E-state index in [2.05, 4.69) is 10.1 Å². The second kappa shape index (κ2) is 5.35. The van der Waals surface area contributed by atoms with E-state index in [9.17, 15) is 4.79 Å². The Hall–Kier alpha value is -2.11. The lowest BCUT2D eigenvalue weighted by molar-refractivity contribution is 0.0694. The van der Waals surface area contributed by atoms with E-state index in [1.807, 2.05) is 18.7 Å². The van der Waals surface area contributed by atoms with Gasteiger partial charge in [-0.2, -0.15) is 4.98 Å². The summed E-state index contributed by atoms with van der Waals surface area (Å²) in [4.78, 5) is 18.8. The van der Waals surface area contributed by atoms with Crippen LogP contribution in [-0.4, -0.2) is 34.0 Å². The van der Waals surface area contributed by atoms with Gasteiger partial charge in [-0.3, -0.25) is 4.79 Å². The van der Waals surface area contributed by atoms with Gasteiger partial charge in [-0.15, -0.1) is 0 Å². The smallest absolute Gasteiger partial charge is 0.257 e. The highest BCUT2D eigenvalue weighted by Gasteiger charge is 2.30. The average molecular weight is 289 g/mol. The van der Waals surface area contributed by atoms with Crippen molar-refractivity contribution in [3.05, 3.63) is 34.9 Å². The van der Waals surface area contributed by atoms with Crippen LogP contribution in [0, 0.1) is 20.8 Å². The fourth-order valence-corrected chi connectivity index (χ4v) is 2.86. The Kier molecular flexibility index (Phi) is 3.53. The summed E-state index contributed by atoms with van der Waals surface area (Å²) in [5, 5.41) is 3.83. The van der Waals surface area contributed by atoms with Crippen molar-refractivity contribution in [3.63, 3.8) is 0 Å². The fourth-order valence-electron chi connectivity index (χ4n) is 2.86. The Morgan fingerprint density at radius 2 is 2.19 bits per heavy atom. The van der Waals surface area contributed by atoms with Crippen molar-refractivity contribution < 1.29 is 13.7 Å². The monoisotopic (exact) mass is 289 g/mol. The number of nitrogens with zero attached hydrogens (tertiary/aromatic N) is 3. The maximum absolute atomic E-state index is 12.6. The van der Waals surface area contributed by atoms with Crippen LogP contribution in [0.4, 0.5) is 0 Å². The van der Waals surface area contributed by atoms with Gasteiger partial charge in [0.25, 0.3) is 5.91 Å². The largest absolute Gasteiger partial charge is 0.466 e. The molecule has 1 aliphatic heterocycles. The number of rotatable bonds is 2. The molecule has 2 aromatic rings. The molecule has 0 aliphatic carbocycles. The Balaban J connectivity index is 1.77. The molecule has 1 aliphatic rings. The highest BCUT2D eigenvalue weighted by atomic mass is 16.5. The van der Waals surface area contributed by atoms with Gasteiger partial charge in [-0.1, -0.05) is 5.16 Å². The molecular weight excluding hydrogens is 270 g/mol. The number of aromatic nitrogens is 2. The molecule has 1 fully saturated rings. The number of furan rings is 1. The molecule has 1 saturated heterocycles. The lowest BCUT2D eigenvalue weighted by Gasteiger charge is -2.30. The van der Waals surface area contributed by atoms with Crippen molar-refractivity contribution in [1.29, 1.82) is 0 Å². The second-order valence-electron chi connectivity index (χ2n) is 5.60. The molecule has 0 N–H and O–H groups in total. The molecule has 0 radical (unpaired) electrons. The first-order valence-corrected chi connectivity index (χ1v) is 7.21. The number of amides is 1. The third kappa shape index (κ3) is 2.70. The van der Waals surface area contributed by atoms with Gasteiger partial charge in [-0.25, -0.2) is 0 Å². The minimum atomic E-state index is 0.0188. The molecule has 6 heteroatoms. The van der Waals surface area contributed by atoms with E-state index in [1.54, 1.807) is 13.0 Å². The quantitative estimate of drug-likeness (QED) is 0.849. The van der Waals surface area contributed by atoms with Gasteiger partial charge in [0.05, 0.1) is 11.5 Å². The van der Waals surface area contributed by atoms with Crippen molar-refractivity contribution in [2.75, 3.05) is 13.1 Å². The van der Waals surface area contributed by atoms with Crippen LogP contribution in [0.5, 0.6) is 0 Å². The van der Waals surface area contributed by atoms with Crippen molar-refractivity contribution in [1.82, 2.24) is 15.0 Å². The molecule has 1 amide bonds. The van der Waals surface area contributed by atoms with E-state index in [0.717, 1.165) is 25.1 Å². The first-order valence-electron chi connectivity index (χ1n) is 7.21. The van der Waals surface area contributed by atoms with E-state index >= 15 is 0 Å². The van der Waals surface area contributed by atoms with E-state index in [0.29, 0.717) is 29.6 Å². The molecule has 21 heavy (non-hydrogen) atoms. The molecule has 112 valence electrons. The summed E-state index contributed by atoms with van der Waals surface area (Å²) < 4.78 is 10.7. The highest BCUT2D eigenvalue weighted by Crippen LogP contribution is 2.27. The first-order chi connectivity index (χ1) is 10.0. The van der Waals surface area contributed by atoms with Crippen LogP contribution in [0.1, 0.15) is 52.4 Å². The number of aryl methyl sites for hydroxylation is 3. The first kappa shape index (κ1) is 13.9. The molecular formula is C15H19N3O3. The van der Waals surface area contributed by atoms with Crippen LogP contribution in [0.3, 0.4) is 0 Å². The van der Waals surface area contributed by atoms with Gasteiger partial charge in [0.2, 0.25) is 5.89 Å². The zero-order valence-corrected chi connectivity index (χ0v) is 12.5. The highest BCUT2D eigenvalue weighted by molar-refractivity contribution is 5.95. The minimum Gasteiger partial charge on any atom is -0.466 e. The van der Waals surface area contributed by atoms with Gasteiger partial charge < -0.3 is 13.8 Å². The van der Waals surface area contributed by atoms with E-state index in [-0.39, 0.29) is 11.8 Å². The van der Waals surface area contributed by atoms with E-state index in [4.69, 9.17) is 8.94 Å². The van der Waals surface area contributed by atoms with E-state index < -0.39 is 0 Å². The minimum absolute atomic E-state index is 0.0188. The standard InChI is InChI=1S/C15H19N3O3/c1-9-7-13(10(2)20-9)15(19)18-6-4-5-12(8-18)14-16-11(3)17-21-14/h7,12H,4-6,8H2,1-3H3/t12-/m1/s1. The second-order valence-corrected chi connectivity index (χ2v) is 5.60. The Morgan fingerprint density at radius 3 is 2.81 bits per heavy atom. The van der Waals surface area contributed by atoms with Crippen LogP contribution < -0.4 is 0 Å².